The van der Waals surface area contributed by atoms with Crippen molar-refractivity contribution in [2.45, 2.75) is 20.3 Å². The smallest absolute Gasteiger partial charge is 0.376 e. The molecule has 0 unspecified atom stereocenters. The van der Waals surface area contributed by atoms with Gasteiger partial charge in [-0.25, -0.2) is 4.79 Å². The summed E-state index contributed by atoms with van der Waals surface area (Å²) in [5, 5.41) is 0. The number of aryl methyl sites for hydroxylation is 1. The molecule has 0 saturated heterocycles. The fourth-order valence-electron chi connectivity index (χ4n) is 1.21. The fraction of sp³-hybridized carbons (Fsp3) is 0.417. The first kappa shape index (κ1) is 15.1. The van der Waals surface area contributed by atoms with E-state index >= 15 is 0 Å². The molecule has 1 aromatic heterocycles. The summed E-state index contributed by atoms with van der Waals surface area (Å²) in [6.45, 7) is 3.55. The van der Waals surface area contributed by atoms with E-state index in [0.717, 1.165) is 0 Å². The van der Waals surface area contributed by atoms with Gasteiger partial charge in [0, 0.05) is 0 Å². The molecule has 0 bridgehead atoms. The van der Waals surface area contributed by atoms with Crippen molar-refractivity contribution in [3.05, 3.63) is 23.7 Å². The summed E-state index contributed by atoms with van der Waals surface area (Å²) < 4.78 is 9.59. The molecule has 0 aliphatic rings. The van der Waals surface area contributed by atoms with Gasteiger partial charge in [0.05, 0.1) is 13.0 Å². The van der Waals surface area contributed by atoms with Crippen LogP contribution in [0.2, 0.25) is 0 Å². The Hall–Kier alpha value is -1.99. The summed E-state index contributed by atoms with van der Waals surface area (Å²) in [5.74, 6) is -1.99. The fourth-order valence-corrected chi connectivity index (χ4v) is 1.21. The molecule has 7 nitrogen and oxygen atoms in total. The lowest BCUT2D eigenvalue weighted by atomic mass is 10.1. The highest BCUT2D eigenvalue weighted by Gasteiger charge is 2.21. The highest BCUT2D eigenvalue weighted by Crippen LogP contribution is 2.09. The second-order valence-corrected chi connectivity index (χ2v) is 3.59. The van der Waals surface area contributed by atoms with Crippen molar-refractivity contribution in [3.8, 4) is 0 Å². The molecule has 0 aliphatic carbocycles. The highest BCUT2D eigenvalue weighted by molar-refractivity contribution is 6.37. The van der Waals surface area contributed by atoms with Crippen molar-refractivity contribution in [2.24, 2.45) is 0 Å². The van der Waals surface area contributed by atoms with Gasteiger partial charge in [0.25, 0.3) is 0 Å². The third-order valence-corrected chi connectivity index (χ3v) is 2.07. The Morgan fingerprint density at radius 2 is 2.05 bits per heavy atom. The normalized spacial score (nSPS) is 10.2. The van der Waals surface area contributed by atoms with Crippen LogP contribution in [0, 0.1) is 6.92 Å². The minimum absolute atomic E-state index is 0.0473. The molecule has 0 aliphatic heterocycles. The zero-order valence-corrected chi connectivity index (χ0v) is 10.7. The van der Waals surface area contributed by atoms with Crippen LogP contribution in [0.5, 0.6) is 0 Å². The minimum Gasteiger partial charge on any atom is -0.458 e. The van der Waals surface area contributed by atoms with Crippen LogP contribution in [-0.4, -0.2) is 30.9 Å². The van der Waals surface area contributed by atoms with Crippen LogP contribution in [0.25, 0.3) is 0 Å². The zero-order valence-electron chi connectivity index (χ0n) is 10.7. The Balaban J connectivity index is 2.37. The number of nitrogens with one attached hydrogen (secondary N) is 1. The summed E-state index contributed by atoms with van der Waals surface area (Å²) in [7, 11) is 0. The molecule has 1 rings (SSSR count). The molecule has 0 spiro atoms. The number of carbonyl (C=O) groups is 3. The first-order chi connectivity index (χ1) is 9.04. The summed E-state index contributed by atoms with van der Waals surface area (Å²) in [5.41, 5.74) is 2.31. The van der Waals surface area contributed by atoms with Gasteiger partial charge in [-0.3, -0.25) is 14.4 Å². The molecule has 1 heterocycles. The number of Topliss-reactive ketones (excluding diaryl/α,β-unsaturated/α-hetero) is 2. The third-order valence-electron chi connectivity index (χ3n) is 2.07. The molecule has 1 aromatic rings. The number of hydroxylamine groups is 1. The van der Waals surface area contributed by atoms with E-state index in [1.165, 1.54) is 6.07 Å². The first-order valence-electron chi connectivity index (χ1n) is 5.68. The average molecular weight is 269 g/mol. The number of ether oxygens (including phenoxy) is 1. The van der Waals surface area contributed by atoms with Crippen LogP contribution in [0.4, 0.5) is 0 Å². The molecular weight excluding hydrogens is 254 g/mol. The van der Waals surface area contributed by atoms with E-state index in [4.69, 9.17) is 9.25 Å². The van der Waals surface area contributed by atoms with Crippen LogP contribution in [-0.2, 0) is 19.2 Å². The largest absolute Gasteiger partial charge is 0.458 e. The van der Waals surface area contributed by atoms with Gasteiger partial charge in [-0.2, -0.15) is 5.48 Å². The Morgan fingerprint density at radius 1 is 1.32 bits per heavy atom. The summed E-state index contributed by atoms with van der Waals surface area (Å²) in [4.78, 5) is 38.9. The number of carbonyl (C=O) groups excluding carboxylic acids is 3. The van der Waals surface area contributed by atoms with E-state index in [9.17, 15) is 14.4 Å². The van der Waals surface area contributed by atoms with Crippen LogP contribution in [0.1, 0.15) is 29.7 Å². The average Bonchev–Trinajstić information content (AvgIpc) is 2.81. The molecule has 104 valence electrons. The lowest BCUT2D eigenvalue weighted by molar-refractivity contribution is -0.157. The lowest BCUT2D eigenvalue weighted by Gasteiger charge is -2.04. The summed E-state index contributed by atoms with van der Waals surface area (Å²) in [6.07, 6.45) is -0.583. The number of hydrogen-bond donors (Lipinski definition) is 1. The maximum Gasteiger partial charge on any atom is 0.376 e. The quantitative estimate of drug-likeness (QED) is 0.142. The number of ketones is 2. The summed E-state index contributed by atoms with van der Waals surface area (Å²) in [6, 6.07) is 3.05. The van der Waals surface area contributed by atoms with Crippen molar-refractivity contribution in [3.63, 3.8) is 0 Å². The van der Waals surface area contributed by atoms with Gasteiger partial charge >= 0.3 is 5.97 Å². The van der Waals surface area contributed by atoms with Crippen LogP contribution in [0.3, 0.4) is 0 Å². The molecule has 0 amide bonds. The van der Waals surface area contributed by atoms with E-state index in [1.807, 2.05) is 0 Å². The molecule has 0 fully saturated rings. The first-order valence-corrected chi connectivity index (χ1v) is 5.68. The molecule has 0 atom stereocenters. The Kier molecular flexibility index (Phi) is 5.91. The van der Waals surface area contributed by atoms with Gasteiger partial charge in [0.15, 0.2) is 12.5 Å². The number of hydrogen-bond acceptors (Lipinski definition) is 7. The van der Waals surface area contributed by atoms with Crippen LogP contribution in [0.15, 0.2) is 16.5 Å². The van der Waals surface area contributed by atoms with E-state index in [1.54, 1.807) is 19.9 Å². The predicted molar refractivity (Wildman–Crippen MR) is 63.1 cm³/mol. The van der Waals surface area contributed by atoms with E-state index in [0.29, 0.717) is 12.4 Å². The SMILES string of the molecule is CCONCOC(=O)C(=O)CC(=O)c1ccc(C)o1. The van der Waals surface area contributed by atoms with Crippen molar-refractivity contribution in [2.75, 3.05) is 13.3 Å². The Labute approximate surface area is 109 Å². The maximum absolute atomic E-state index is 11.6. The standard InChI is InChI=1S/C12H15NO6/c1-3-18-13-7-17-12(16)10(15)6-9(14)11-5-4-8(2)19-11/h4-5,13H,3,6-7H2,1-2H3. The van der Waals surface area contributed by atoms with E-state index in [-0.39, 0.29) is 12.5 Å². The highest BCUT2D eigenvalue weighted by atomic mass is 16.7. The predicted octanol–water partition coefficient (Wildman–Crippen LogP) is 0.772. The number of esters is 1. The number of rotatable bonds is 8. The zero-order chi connectivity index (χ0) is 14.3. The van der Waals surface area contributed by atoms with Crippen molar-refractivity contribution >= 4 is 17.5 Å². The van der Waals surface area contributed by atoms with Crippen molar-refractivity contribution < 1.29 is 28.4 Å². The summed E-state index contributed by atoms with van der Waals surface area (Å²) >= 11 is 0. The monoisotopic (exact) mass is 269 g/mol. The molecule has 0 saturated carbocycles. The van der Waals surface area contributed by atoms with Gasteiger partial charge in [-0.15, -0.1) is 0 Å². The Morgan fingerprint density at radius 3 is 2.63 bits per heavy atom. The van der Waals surface area contributed by atoms with Gasteiger partial charge in [0.1, 0.15) is 5.76 Å². The maximum atomic E-state index is 11.6. The van der Waals surface area contributed by atoms with E-state index in [2.05, 4.69) is 10.2 Å². The lowest BCUT2D eigenvalue weighted by Crippen LogP contribution is -2.26. The molecule has 0 aromatic carbocycles. The molecule has 7 heteroatoms. The van der Waals surface area contributed by atoms with Crippen LogP contribution < -0.4 is 5.48 Å². The van der Waals surface area contributed by atoms with E-state index < -0.39 is 24.0 Å². The molecule has 1 N–H and O–H groups in total. The number of furan rings is 1. The second kappa shape index (κ2) is 7.45. The van der Waals surface area contributed by atoms with Crippen molar-refractivity contribution in [1.29, 1.82) is 0 Å². The van der Waals surface area contributed by atoms with Crippen molar-refractivity contribution in [1.82, 2.24) is 5.48 Å². The Bertz CT molecular complexity index is 465. The second-order valence-electron chi connectivity index (χ2n) is 3.59. The topological polar surface area (TPSA) is 94.8 Å². The molecule has 0 radical (unpaired) electrons. The van der Waals surface area contributed by atoms with Gasteiger partial charge in [0.2, 0.25) is 11.6 Å². The third kappa shape index (κ3) is 5.02. The molecule has 19 heavy (non-hydrogen) atoms. The van der Waals surface area contributed by atoms with Crippen LogP contribution >= 0.6 is 0 Å². The molecular formula is C12H15NO6. The van der Waals surface area contributed by atoms with Gasteiger partial charge in [-0.05, 0) is 26.0 Å². The van der Waals surface area contributed by atoms with Gasteiger partial charge < -0.3 is 9.15 Å². The minimum atomic E-state index is -1.09. The van der Waals surface area contributed by atoms with Gasteiger partial charge in [-0.1, -0.05) is 0 Å².